The largest absolute Gasteiger partial charge is 0.368 e. The third-order valence-electron chi connectivity index (χ3n) is 0.607. The fourth-order valence-corrected chi connectivity index (χ4v) is 0.200. The van der Waals surface area contributed by atoms with E-state index in [4.69, 9.17) is 11.6 Å². The van der Waals surface area contributed by atoms with E-state index in [0.29, 0.717) is 0 Å². The van der Waals surface area contributed by atoms with Crippen molar-refractivity contribution in [3.05, 3.63) is 0 Å². The fraction of sp³-hybridized carbons (Fsp3) is 0.500. The van der Waals surface area contributed by atoms with Gasteiger partial charge in [0.15, 0.2) is 11.2 Å². The molecule has 0 aromatic heterocycles. The minimum Gasteiger partial charge on any atom is -0.368 e. The predicted molar refractivity (Wildman–Crippen MR) is 29.5 cm³/mol. The van der Waals surface area contributed by atoms with Crippen LogP contribution >= 0.6 is 11.6 Å². The SMILES string of the molecule is CC(=O)[C@H](Cl)C(N)=O. The van der Waals surface area contributed by atoms with Crippen molar-refractivity contribution in [2.24, 2.45) is 5.73 Å². The van der Waals surface area contributed by atoms with Crippen LogP contribution in [0.25, 0.3) is 0 Å². The quantitative estimate of drug-likeness (QED) is 0.416. The molecule has 0 saturated heterocycles. The zero-order valence-electron chi connectivity index (χ0n) is 4.35. The Morgan fingerprint density at radius 2 is 2.00 bits per heavy atom. The van der Waals surface area contributed by atoms with Crippen molar-refractivity contribution >= 4 is 23.3 Å². The summed E-state index contributed by atoms with van der Waals surface area (Å²) >= 11 is 5.13. The van der Waals surface area contributed by atoms with E-state index in [0.717, 1.165) is 0 Å². The minimum absolute atomic E-state index is 0.417. The molecule has 0 radical (unpaired) electrons. The van der Waals surface area contributed by atoms with Gasteiger partial charge >= 0.3 is 0 Å². The van der Waals surface area contributed by atoms with E-state index < -0.39 is 17.1 Å². The summed E-state index contributed by atoms with van der Waals surface area (Å²) < 4.78 is 0. The van der Waals surface area contributed by atoms with E-state index >= 15 is 0 Å². The van der Waals surface area contributed by atoms with Gasteiger partial charge in [0.2, 0.25) is 5.91 Å². The summed E-state index contributed by atoms with van der Waals surface area (Å²) in [4.78, 5) is 20.2. The molecule has 0 heterocycles. The van der Waals surface area contributed by atoms with Gasteiger partial charge in [-0.3, -0.25) is 9.59 Å². The molecule has 0 unspecified atom stereocenters. The van der Waals surface area contributed by atoms with Crippen molar-refractivity contribution < 1.29 is 9.59 Å². The van der Waals surface area contributed by atoms with E-state index in [-0.39, 0.29) is 0 Å². The number of halogens is 1. The number of carbonyl (C=O) groups excluding carboxylic acids is 2. The molecule has 0 saturated carbocycles. The molecule has 3 nitrogen and oxygen atoms in total. The van der Waals surface area contributed by atoms with Gasteiger partial charge in [-0.25, -0.2) is 0 Å². The van der Waals surface area contributed by atoms with Gasteiger partial charge in [-0.2, -0.15) is 0 Å². The number of primary amides is 1. The molecule has 0 rings (SSSR count). The summed E-state index contributed by atoms with van der Waals surface area (Å²) in [6.45, 7) is 1.21. The molecular formula is C4H6ClNO2. The molecule has 0 aliphatic carbocycles. The average Bonchev–Trinajstić information content (AvgIpc) is 1.64. The van der Waals surface area contributed by atoms with Gasteiger partial charge in [-0.1, -0.05) is 0 Å². The van der Waals surface area contributed by atoms with Gasteiger partial charge in [-0.05, 0) is 6.92 Å². The first kappa shape index (κ1) is 7.43. The number of carbonyl (C=O) groups is 2. The molecule has 46 valence electrons. The van der Waals surface area contributed by atoms with Crippen LogP contribution in [0.3, 0.4) is 0 Å². The molecule has 0 aliphatic heterocycles. The number of nitrogens with two attached hydrogens (primary N) is 1. The molecule has 4 heteroatoms. The van der Waals surface area contributed by atoms with Crippen LogP contribution in [0.1, 0.15) is 6.92 Å². The Balaban J connectivity index is 3.83. The van der Waals surface area contributed by atoms with Gasteiger partial charge < -0.3 is 5.73 Å². The maximum Gasteiger partial charge on any atom is 0.243 e. The molecule has 0 aliphatic rings. The number of hydrogen-bond acceptors (Lipinski definition) is 2. The first-order chi connectivity index (χ1) is 3.55. The van der Waals surface area contributed by atoms with Crippen LogP contribution in [0.4, 0.5) is 0 Å². The summed E-state index contributed by atoms with van der Waals surface area (Å²) in [6.07, 6.45) is 0. The molecule has 0 bridgehead atoms. The molecular weight excluding hydrogens is 130 g/mol. The molecule has 0 fully saturated rings. The zero-order chi connectivity index (χ0) is 6.73. The lowest BCUT2D eigenvalue weighted by Crippen LogP contribution is -2.29. The lowest BCUT2D eigenvalue weighted by atomic mass is 10.3. The number of ketones is 1. The van der Waals surface area contributed by atoms with Crippen molar-refractivity contribution in [1.29, 1.82) is 0 Å². The minimum atomic E-state index is -1.16. The summed E-state index contributed by atoms with van der Waals surface area (Å²) in [5.74, 6) is -1.21. The topological polar surface area (TPSA) is 60.2 Å². The van der Waals surface area contributed by atoms with Crippen LogP contribution in [0.2, 0.25) is 0 Å². The Morgan fingerprint density at radius 3 is 2.00 bits per heavy atom. The third-order valence-corrected chi connectivity index (χ3v) is 1.13. The van der Waals surface area contributed by atoms with Gasteiger partial charge in [0.1, 0.15) is 0 Å². The third kappa shape index (κ3) is 1.93. The standard InChI is InChI=1S/C4H6ClNO2/c1-2(7)3(5)4(6)8/h3H,1H3,(H2,6,8)/t3-/m0/s1. The number of Topliss-reactive ketones (excluding diaryl/α,β-unsaturated/α-hetero) is 1. The normalized spacial score (nSPS) is 12.8. The Morgan fingerprint density at radius 1 is 1.62 bits per heavy atom. The molecule has 0 spiro atoms. The van der Waals surface area contributed by atoms with Crippen LogP contribution in [-0.4, -0.2) is 17.1 Å². The lowest BCUT2D eigenvalue weighted by Gasteiger charge is -1.95. The van der Waals surface area contributed by atoms with Gasteiger partial charge in [0.05, 0.1) is 0 Å². The Bertz CT molecular complexity index is 109. The maximum atomic E-state index is 10.2. The Labute approximate surface area is 51.8 Å². The summed E-state index contributed by atoms with van der Waals surface area (Å²) in [7, 11) is 0. The van der Waals surface area contributed by atoms with E-state index in [9.17, 15) is 9.59 Å². The Hall–Kier alpha value is -0.570. The summed E-state index contributed by atoms with van der Waals surface area (Å²) in [5.41, 5.74) is 4.65. The zero-order valence-corrected chi connectivity index (χ0v) is 5.11. The molecule has 8 heavy (non-hydrogen) atoms. The van der Waals surface area contributed by atoms with Crippen molar-refractivity contribution in [2.75, 3.05) is 0 Å². The van der Waals surface area contributed by atoms with Crippen LogP contribution in [0, 0.1) is 0 Å². The van der Waals surface area contributed by atoms with Crippen molar-refractivity contribution in [1.82, 2.24) is 0 Å². The van der Waals surface area contributed by atoms with Gasteiger partial charge in [0.25, 0.3) is 0 Å². The number of alkyl halides is 1. The van der Waals surface area contributed by atoms with Crippen molar-refractivity contribution in [3.8, 4) is 0 Å². The van der Waals surface area contributed by atoms with E-state index in [1.54, 1.807) is 0 Å². The second-order valence-electron chi connectivity index (χ2n) is 1.38. The van der Waals surface area contributed by atoms with Crippen LogP contribution < -0.4 is 5.73 Å². The molecule has 1 amide bonds. The maximum absolute atomic E-state index is 10.2. The smallest absolute Gasteiger partial charge is 0.243 e. The van der Waals surface area contributed by atoms with E-state index in [1.165, 1.54) is 6.92 Å². The average molecular weight is 136 g/mol. The van der Waals surface area contributed by atoms with Crippen LogP contribution in [-0.2, 0) is 9.59 Å². The second kappa shape index (κ2) is 2.67. The number of amides is 1. The highest BCUT2D eigenvalue weighted by Gasteiger charge is 2.15. The number of hydrogen-bond donors (Lipinski definition) is 1. The molecule has 2 N–H and O–H groups in total. The highest BCUT2D eigenvalue weighted by Crippen LogP contribution is 1.93. The highest BCUT2D eigenvalue weighted by molar-refractivity contribution is 6.41. The van der Waals surface area contributed by atoms with Gasteiger partial charge in [-0.15, -0.1) is 11.6 Å². The van der Waals surface area contributed by atoms with Crippen molar-refractivity contribution in [3.63, 3.8) is 0 Å². The van der Waals surface area contributed by atoms with Gasteiger partial charge in [0, 0.05) is 0 Å². The van der Waals surface area contributed by atoms with E-state index in [1.807, 2.05) is 0 Å². The first-order valence-corrected chi connectivity index (χ1v) is 2.43. The predicted octanol–water partition coefficient (Wildman–Crippen LogP) is -0.332. The van der Waals surface area contributed by atoms with Crippen LogP contribution in [0.15, 0.2) is 0 Å². The first-order valence-electron chi connectivity index (χ1n) is 1.99. The van der Waals surface area contributed by atoms with E-state index in [2.05, 4.69) is 5.73 Å². The number of rotatable bonds is 2. The highest BCUT2D eigenvalue weighted by atomic mass is 35.5. The Kier molecular flexibility index (Phi) is 2.48. The summed E-state index contributed by atoms with van der Waals surface area (Å²) in [5, 5.41) is -1.16. The monoisotopic (exact) mass is 135 g/mol. The second-order valence-corrected chi connectivity index (χ2v) is 1.81. The molecule has 1 atom stereocenters. The lowest BCUT2D eigenvalue weighted by molar-refractivity contribution is -0.124. The van der Waals surface area contributed by atoms with Crippen LogP contribution in [0.5, 0.6) is 0 Å². The molecule has 0 aromatic carbocycles. The fourth-order valence-electron chi connectivity index (χ4n) is 0.200. The summed E-state index contributed by atoms with van der Waals surface area (Å²) in [6, 6.07) is 0. The molecule has 0 aromatic rings. The van der Waals surface area contributed by atoms with Crippen molar-refractivity contribution in [2.45, 2.75) is 12.3 Å².